The number of hydrogen-bond acceptors (Lipinski definition) is 1. The van der Waals surface area contributed by atoms with Crippen LogP contribution in [0.3, 0.4) is 0 Å². The summed E-state index contributed by atoms with van der Waals surface area (Å²) >= 11 is 0. The lowest BCUT2D eigenvalue weighted by molar-refractivity contribution is 0.729. The molecule has 0 aliphatic rings. The quantitative estimate of drug-likeness (QED) is 0.482. The van der Waals surface area contributed by atoms with Crippen LogP contribution in [0.25, 0.3) is 0 Å². The zero-order valence-corrected chi connectivity index (χ0v) is 7.91. The van der Waals surface area contributed by atoms with Crippen molar-refractivity contribution >= 4 is 0 Å². The van der Waals surface area contributed by atoms with Crippen LogP contribution in [-0.4, -0.2) is 13.1 Å². The predicted octanol–water partition coefficient (Wildman–Crippen LogP) is 2.18. The third kappa shape index (κ3) is 7.42. The molecule has 1 atom stereocenters. The van der Waals surface area contributed by atoms with Gasteiger partial charge in [-0.15, -0.1) is 5.92 Å². The first-order valence-corrected chi connectivity index (χ1v) is 4.47. The first kappa shape index (κ1) is 10.5. The molecule has 0 aliphatic heterocycles. The van der Waals surface area contributed by atoms with Gasteiger partial charge in [0.2, 0.25) is 0 Å². The number of rotatable bonds is 4. The van der Waals surface area contributed by atoms with Gasteiger partial charge in [-0.05, 0) is 20.4 Å². The van der Waals surface area contributed by atoms with Crippen LogP contribution in [0, 0.1) is 11.8 Å². The summed E-state index contributed by atoms with van der Waals surface area (Å²) in [5.41, 5.74) is 0. The Balaban J connectivity index is 3.25. The molecule has 1 N–H and O–H groups in total. The SMILES string of the molecule is CCCCCC#CC(C)NC. The standard InChI is InChI=1S/C10H19N/c1-4-5-6-7-8-9-10(2)11-3/h10-11H,4-7H2,1-3H3. The molecular formula is C10H19N. The number of hydrogen-bond donors (Lipinski definition) is 1. The Kier molecular flexibility index (Phi) is 7.29. The van der Waals surface area contributed by atoms with E-state index in [9.17, 15) is 0 Å². The summed E-state index contributed by atoms with van der Waals surface area (Å²) in [7, 11) is 1.94. The molecule has 0 heterocycles. The van der Waals surface area contributed by atoms with Gasteiger partial charge in [0.05, 0.1) is 6.04 Å². The van der Waals surface area contributed by atoms with Gasteiger partial charge in [0, 0.05) is 6.42 Å². The molecule has 1 heteroatoms. The second-order valence-corrected chi connectivity index (χ2v) is 2.79. The molecule has 0 amide bonds. The fourth-order valence-corrected chi connectivity index (χ4v) is 0.761. The van der Waals surface area contributed by atoms with Gasteiger partial charge < -0.3 is 5.32 Å². The molecule has 0 saturated carbocycles. The average molecular weight is 153 g/mol. The average Bonchev–Trinajstić information content (AvgIpc) is 2.04. The Hall–Kier alpha value is -0.480. The van der Waals surface area contributed by atoms with E-state index in [0.717, 1.165) is 6.42 Å². The van der Waals surface area contributed by atoms with Crippen molar-refractivity contribution < 1.29 is 0 Å². The van der Waals surface area contributed by atoms with E-state index in [4.69, 9.17) is 0 Å². The summed E-state index contributed by atoms with van der Waals surface area (Å²) in [4.78, 5) is 0. The van der Waals surface area contributed by atoms with Crippen LogP contribution in [-0.2, 0) is 0 Å². The lowest BCUT2D eigenvalue weighted by Crippen LogP contribution is -2.18. The summed E-state index contributed by atoms with van der Waals surface area (Å²) in [5, 5.41) is 3.08. The van der Waals surface area contributed by atoms with Crippen molar-refractivity contribution in [3.63, 3.8) is 0 Å². The van der Waals surface area contributed by atoms with Gasteiger partial charge >= 0.3 is 0 Å². The molecule has 0 radical (unpaired) electrons. The summed E-state index contributed by atoms with van der Waals surface area (Å²) in [5.74, 6) is 6.29. The first-order chi connectivity index (χ1) is 5.31. The van der Waals surface area contributed by atoms with Crippen molar-refractivity contribution in [1.82, 2.24) is 5.32 Å². The fourth-order valence-electron chi connectivity index (χ4n) is 0.761. The molecule has 0 fully saturated rings. The van der Waals surface area contributed by atoms with E-state index in [-0.39, 0.29) is 0 Å². The minimum atomic E-state index is 0.344. The van der Waals surface area contributed by atoms with E-state index in [1.807, 2.05) is 7.05 Å². The maximum Gasteiger partial charge on any atom is 0.0658 e. The number of unbranched alkanes of at least 4 members (excludes halogenated alkanes) is 3. The summed E-state index contributed by atoms with van der Waals surface area (Å²) in [6.07, 6.45) is 4.89. The summed E-state index contributed by atoms with van der Waals surface area (Å²) < 4.78 is 0. The minimum Gasteiger partial charge on any atom is -0.307 e. The monoisotopic (exact) mass is 153 g/mol. The Morgan fingerprint density at radius 3 is 2.64 bits per heavy atom. The number of nitrogens with one attached hydrogen (secondary N) is 1. The topological polar surface area (TPSA) is 12.0 Å². The molecule has 0 spiro atoms. The van der Waals surface area contributed by atoms with Gasteiger partial charge in [-0.3, -0.25) is 0 Å². The van der Waals surface area contributed by atoms with Crippen LogP contribution < -0.4 is 5.32 Å². The molecule has 1 nitrogen and oxygen atoms in total. The van der Waals surface area contributed by atoms with Crippen LogP contribution in [0.4, 0.5) is 0 Å². The zero-order valence-electron chi connectivity index (χ0n) is 7.91. The first-order valence-electron chi connectivity index (χ1n) is 4.47. The van der Waals surface area contributed by atoms with E-state index in [2.05, 4.69) is 31.0 Å². The Bertz CT molecular complexity index is 130. The van der Waals surface area contributed by atoms with E-state index in [0.29, 0.717) is 6.04 Å². The third-order valence-corrected chi connectivity index (χ3v) is 1.66. The van der Waals surface area contributed by atoms with Crippen LogP contribution in [0.15, 0.2) is 0 Å². The van der Waals surface area contributed by atoms with Crippen LogP contribution >= 0.6 is 0 Å². The molecule has 11 heavy (non-hydrogen) atoms. The van der Waals surface area contributed by atoms with Gasteiger partial charge in [-0.2, -0.15) is 0 Å². The second-order valence-electron chi connectivity index (χ2n) is 2.79. The molecule has 0 aliphatic carbocycles. The van der Waals surface area contributed by atoms with Crippen LogP contribution in [0.5, 0.6) is 0 Å². The van der Waals surface area contributed by atoms with Gasteiger partial charge in [0.1, 0.15) is 0 Å². The molecule has 0 rings (SSSR count). The molecule has 0 saturated heterocycles. The fraction of sp³-hybridized carbons (Fsp3) is 0.800. The molecule has 64 valence electrons. The normalized spacial score (nSPS) is 11.9. The predicted molar refractivity (Wildman–Crippen MR) is 50.4 cm³/mol. The van der Waals surface area contributed by atoms with Crippen LogP contribution in [0.2, 0.25) is 0 Å². The van der Waals surface area contributed by atoms with Crippen molar-refractivity contribution in [1.29, 1.82) is 0 Å². The highest BCUT2D eigenvalue weighted by Crippen LogP contribution is 1.96. The molecule has 0 aromatic heterocycles. The smallest absolute Gasteiger partial charge is 0.0658 e. The Labute approximate surface area is 70.6 Å². The lowest BCUT2D eigenvalue weighted by atomic mass is 10.2. The molecule has 0 aromatic rings. The van der Waals surface area contributed by atoms with E-state index in [1.165, 1.54) is 19.3 Å². The molecule has 0 bridgehead atoms. The highest BCUT2D eigenvalue weighted by Gasteiger charge is 1.86. The van der Waals surface area contributed by atoms with E-state index in [1.54, 1.807) is 0 Å². The van der Waals surface area contributed by atoms with Gasteiger partial charge in [0.25, 0.3) is 0 Å². The van der Waals surface area contributed by atoms with Crippen molar-refractivity contribution in [2.24, 2.45) is 0 Å². The van der Waals surface area contributed by atoms with Gasteiger partial charge in [-0.1, -0.05) is 25.7 Å². The third-order valence-electron chi connectivity index (χ3n) is 1.66. The zero-order chi connectivity index (χ0) is 8.53. The van der Waals surface area contributed by atoms with Crippen LogP contribution in [0.1, 0.15) is 39.5 Å². The second kappa shape index (κ2) is 7.63. The highest BCUT2D eigenvalue weighted by molar-refractivity contribution is 5.05. The summed E-state index contributed by atoms with van der Waals surface area (Å²) in [6, 6.07) is 0.344. The van der Waals surface area contributed by atoms with Crippen molar-refractivity contribution in [2.75, 3.05) is 7.05 Å². The molecular weight excluding hydrogens is 134 g/mol. The van der Waals surface area contributed by atoms with Gasteiger partial charge in [-0.25, -0.2) is 0 Å². The minimum absolute atomic E-state index is 0.344. The van der Waals surface area contributed by atoms with E-state index < -0.39 is 0 Å². The van der Waals surface area contributed by atoms with Crippen molar-refractivity contribution in [2.45, 2.75) is 45.6 Å². The lowest BCUT2D eigenvalue weighted by Gasteiger charge is -1.97. The Morgan fingerprint density at radius 2 is 2.09 bits per heavy atom. The molecule has 0 aromatic carbocycles. The maximum atomic E-state index is 3.16. The van der Waals surface area contributed by atoms with Crippen molar-refractivity contribution in [3.05, 3.63) is 0 Å². The molecule has 1 unspecified atom stereocenters. The largest absolute Gasteiger partial charge is 0.307 e. The van der Waals surface area contributed by atoms with Gasteiger partial charge in [0.15, 0.2) is 0 Å². The van der Waals surface area contributed by atoms with Crippen molar-refractivity contribution in [3.8, 4) is 11.8 Å². The Morgan fingerprint density at radius 1 is 1.36 bits per heavy atom. The maximum absolute atomic E-state index is 3.16. The summed E-state index contributed by atoms with van der Waals surface area (Å²) in [6.45, 7) is 4.29. The van der Waals surface area contributed by atoms with E-state index >= 15 is 0 Å². The highest BCUT2D eigenvalue weighted by atomic mass is 14.8.